The number of carbonyl (C=O) groups is 1. The molecule has 0 aliphatic rings. The first-order valence-electron chi connectivity index (χ1n) is 11.1. The van der Waals surface area contributed by atoms with E-state index in [9.17, 15) is 4.79 Å². The molecule has 0 unspecified atom stereocenters. The van der Waals surface area contributed by atoms with E-state index < -0.39 is 0 Å². The first-order chi connectivity index (χ1) is 12.7. The van der Waals surface area contributed by atoms with Crippen LogP contribution in [0.25, 0.3) is 0 Å². The Morgan fingerprint density at radius 3 is 1.88 bits per heavy atom. The molecule has 152 valence electrons. The second kappa shape index (κ2) is 20.3. The fourth-order valence-corrected chi connectivity index (χ4v) is 3.02. The highest BCUT2D eigenvalue weighted by molar-refractivity contribution is 5.69. The normalized spacial score (nSPS) is 12.0. The summed E-state index contributed by atoms with van der Waals surface area (Å²) in [7, 11) is 0. The lowest BCUT2D eigenvalue weighted by atomic mass is 10.0. The van der Waals surface area contributed by atoms with E-state index in [2.05, 4.69) is 39.0 Å². The summed E-state index contributed by atoms with van der Waals surface area (Å²) in [5.41, 5.74) is 1.52. The molecule has 0 heterocycles. The molecular weight excluding hydrogens is 320 g/mol. The third-order valence-corrected chi connectivity index (χ3v) is 4.96. The number of unbranched alkanes of at least 4 members (excludes halogenated alkanes) is 11. The molecule has 0 spiro atoms. The summed E-state index contributed by atoms with van der Waals surface area (Å²) in [6, 6.07) is 0. The van der Waals surface area contributed by atoms with Crippen LogP contribution < -0.4 is 0 Å². The van der Waals surface area contributed by atoms with E-state index in [-0.39, 0.29) is 5.97 Å². The van der Waals surface area contributed by atoms with Gasteiger partial charge in [0.1, 0.15) is 0 Å². The highest BCUT2D eigenvalue weighted by Crippen LogP contribution is 2.13. The number of allylic oxidation sites excluding steroid dienone is 4. The Balaban J connectivity index is 3.22. The van der Waals surface area contributed by atoms with Gasteiger partial charge in [-0.2, -0.15) is 0 Å². The zero-order valence-electron chi connectivity index (χ0n) is 17.9. The highest BCUT2D eigenvalue weighted by atomic mass is 16.5. The van der Waals surface area contributed by atoms with Crippen LogP contribution in [0.1, 0.15) is 117 Å². The quantitative estimate of drug-likeness (QED) is 0.140. The summed E-state index contributed by atoms with van der Waals surface area (Å²) in [5, 5.41) is 0. The molecule has 0 bridgehead atoms. The van der Waals surface area contributed by atoms with Crippen LogP contribution >= 0.6 is 0 Å². The van der Waals surface area contributed by atoms with E-state index in [1.54, 1.807) is 0 Å². The van der Waals surface area contributed by atoms with Crippen molar-refractivity contribution in [3.05, 3.63) is 23.8 Å². The second-order valence-electron chi connectivity index (χ2n) is 7.46. The molecule has 0 rings (SSSR count). The maximum absolute atomic E-state index is 11.7. The van der Waals surface area contributed by atoms with Gasteiger partial charge in [-0.25, -0.2) is 0 Å². The van der Waals surface area contributed by atoms with Crippen molar-refractivity contribution in [3.8, 4) is 0 Å². The van der Waals surface area contributed by atoms with Crippen molar-refractivity contribution in [3.63, 3.8) is 0 Å². The molecule has 2 heteroatoms. The number of hydrogen-bond donors (Lipinski definition) is 0. The molecule has 0 fully saturated rings. The van der Waals surface area contributed by atoms with Crippen LogP contribution in [0.5, 0.6) is 0 Å². The van der Waals surface area contributed by atoms with Crippen LogP contribution in [0.4, 0.5) is 0 Å². The minimum absolute atomic E-state index is 0.00161. The Morgan fingerprint density at radius 2 is 1.27 bits per heavy atom. The molecule has 0 amide bonds. The number of ether oxygens (including phenoxy) is 1. The van der Waals surface area contributed by atoms with Gasteiger partial charge in [0, 0.05) is 6.42 Å². The average molecular weight is 365 g/mol. The molecule has 0 radical (unpaired) electrons. The SMILES string of the molecule is C/C=C\CCCCCCOC(=O)CCCCCCCCCC/C(C)=C/C. The van der Waals surface area contributed by atoms with E-state index in [0.29, 0.717) is 13.0 Å². The molecule has 0 atom stereocenters. The lowest BCUT2D eigenvalue weighted by Gasteiger charge is -2.05. The second-order valence-corrected chi connectivity index (χ2v) is 7.46. The third-order valence-electron chi connectivity index (χ3n) is 4.96. The summed E-state index contributed by atoms with van der Waals surface area (Å²) in [5.74, 6) is -0.00161. The lowest BCUT2D eigenvalue weighted by molar-refractivity contribution is -0.143. The molecule has 0 aromatic rings. The van der Waals surface area contributed by atoms with Gasteiger partial charge in [-0.3, -0.25) is 4.79 Å². The summed E-state index contributed by atoms with van der Waals surface area (Å²) >= 11 is 0. The van der Waals surface area contributed by atoms with Crippen LogP contribution in [0, 0.1) is 0 Å². The highest BCUT2D eigenvalue weighted by Gasteiger charge is 2.02. The van der Waals surface area contributed by atoms with E-state index in [4.69, 9.17) is 4.74 Å². The molecular formula is C24H44O2. The predicted octanol–water partition coefficient (Wildman–Crippen LogP) is 7.92. The largest absolute Gasteiger partial charge is 0.466 e. The zero-order valence-corrected chi connectivity index (χ0v) is 17.9. The molecule has 0 N–H and O–H groups in total. The van der Waals surface area contributed by atoms with Gasteiger partial charge in [-0.05, 0) is 59.3 Å². The van der Waals surface area contributed by atoms with E-state index >= 15 is 0 Å². The predicted molar refractivity (Wildman–Crippen MR) is 114 cm³/mol. The Hall–Kier alpha value is -1.05. The molecule has 0 saturated heterocycles. The molecule has 0 aliphatic heterocycles. The fraction of sp³-hybridized carbons (Fsp3) is 0.792. The van der Waals surface area contributed by atoms with Crippen molar-refractivity contribution in [2.75, 3.05) is 6.61 Å². The first kappa shape index (κ1) is 24.9. The minimum atomic E-state index is -0.00161. The lowest BCUT2D eigenvalue weighted by Crippen LogP contribution is -2.05. The maximum Gasteiger partial charge on any atom is 0.305 e. The third kappa shape index (κ3) is 19.3. The number of hydrogen-bond acceptors (Lipinski definition) is 2. The van der Waals surface area contributed by atoms with Gasteiger partial charge in [-0.1, -0.05) is 75.2 Å². The van der Waals surface area contributed by atoms with Gasteiger partial charge in [0.2, 0.25) is 0 Å². The van der Waals surface area contributed by atoms with Crippen LogP contribution in [0.15, 0.2) is 23.8 Å². The standard InChI is InChI=1S/C24H44O2/c1-4-6-7-8-13-16-19-22-26-24(25)21-18-15-12-10-9-11-14-17-20-23(3)5-2/h4-6H,7-22H2,1-3H3/b6-4-,23-5+. The van der Waals surface area contributed by atoms with E-state index in [1.807, 2.05) is 0 Å². The van der Waals surface area contributed by atoms with E-state index in [1.165, 1.54) is 76.2 Å². The fourth-order valence-electron chi connectivity index (χ4n) is 3.02. The number of rotatable bonds is 18. The van der Waals surface area contributed by atoms with Crippen LogP contribution in [0.2, 0.25) is 0 Å². The molecule has 2 nitrogen and oxygen atoms in total. The van der Waals surface area contributed by atoms with Gasteiger partial charge in [0.05, 0.1) is 6.61 Å². The van der Waals surface area contributed by atoms with Crippen LogP contribution in [-0.4, -0.2) is 12.6 Å². The van der Waals surface area contributed by atoms with Gasteiger partial charge in [-0.15, -0.1) is 0 Å². The first-order valence-corrected chi connectivity index (χ1v) is 11.1. The Bertz CT molecular complexity index is 368. The summed E-state index contributed by atoms with van der Waals surface area (Å²) in [6.07, 6.45) is 24.3. The summed E-state index contributed by atoms with van der Waals surface area (Å²) in [6.45, 7) is 7.01. The van der Waals surface area contributed by atoms with Crippen LogP contribution in [-0.2, 0) is 9.53 Å². The molecule has 0 aromatic heterocycles. The zero-order chi connectivity index (χ0) is 19.3. The van der Waals surface area contributed by atoms with Crippen molar-refractivity contribution >= 4 is 5.97 Å². The Kier molecular flexibility index (Phi) is 19.4. The number of esters is 1. The minimum Gasteiger partial charge on any atom is -0.466 e. The van der Waals surface area contributed by atoms with Gasteiger partial charge >= 0.3 is 5.97 Å². The smallest absolute Gasteiger partial charge is 0.305 e. The molecule has 0 aliphatic carbocycles. The maximum atomic E-state index is 11.7. The molecule has 0 saturated carbocycles. The summed E-state index contributed by atoms with van der Waals surface area (Å²) in [4.78, 5) is 11.7. The van der Waals surface area contributed by atoms with Gasteiger partial charge < -0.3 is 4.74 Å². The van der Waals surface area contributed by atoms with Crippen molar-refractivity contribution in [2.45, 2.75) is 117 Å². The van der Waals surface area contributed by atoms with Crippen LogP contribution in [0.3, 0.4) is 0 Å². The Labute approximate surface area is 163 Å². The monoisotopic (exact) mass is 364 g/mol. The number of carbonyl (C=O) groups excluding carboxylic acids is 1. The van der Waals surface area contributed by atoms with Crippen molar-refractivity contribution in [2.24, 2.45) is 0 Å². The van der Waals surface area contributed by atoms with Crippen molar-refractivity contribution < 1.29 is 9.53 Å². The summed E-state index contributed by atoms with van der Waals surface area (Å²) < 4.78 is 5.31. The van der Waals surface area contributed by atoms with Crippen molar-refractivity contribution in [1.82, 2.24) is 0 Å². The van der Waals surface area contributed by atoms with Gasteiger partial charge in [0.15, 0.2) is 0 Å². The Morgan fingerprint density at radius 1 is 0.731 bits per heavy atom. The van der Waals surface area contributed by atoms with Gasteiger partial charge in [0.25, 0.3) is 0 Å². The molecule has 26 heavy (non-hydrogen) atoms. The van der Waals surface area contributed by atoms with E-state index in [0.717, 1.165) is 19.3 Å². The topological polar surface area (TPSA) is 26.3 Å². The molecule has 0 aromatic carbocycles. The average Bonchev–Trinajstić information content (AvgIpc) is 2.65. The van der Waals surface area contributed by atoms with Crippen molar-refractivity contribution in [1.29, 1.82) is 0 Å².